The van der Waals surface area contributed by atoms with E-state index >= 15 is 0 Å². The van der Waals surface area contributed by atoms with E-state index in [-0.39, 0.29) is 17.9 Å². The molecule has 2 heterocycles. The number of aromatic nitrogens is 1. The zero-order valence-corrected chi connectivity index (χ0v) is 11.4. The molecule has 0 bridgehead atoms. The van der Waals surface area contributed by atoms with Gasteiger partial charge < -0.3 is 9.67 Å². The quantitative estimate of drug-likeness (QED) is 0.841. The SMILES string of the molecule is Cc1cc2c(n1C1CCS(=O)(=O)C1)CCCC2O. The van der Waals surface area contributed by atoms with Crippen LogP contribution in [0.2, 0.25) is 0 Å². The fourth-order valence-electron chi connectivity index (χ4n) is 3.39. The Hall–Kier alpha value is -0.810. The molecule has 1 aromatic rings. The van der Waals surface area contributed by atoms with Gasteiger partial charge in [0.2, 0.25) is 0 Å². The normalized spacial score (nSPS) is 30.3. The molecule has 18 heavy (non-hydrogen) atoms. The van der Waals surface area contributed by atoms with Crippen molar-refractivity contribution < 1.29 is 13.5 Å². The summed E-state index contributed by atoms with van der Waals surface area (Å²) in [6.45, 7) is 2.01. The molecule has 0 spiro atoms. The molecule has 100 valence electrons. The van der Waals surface area contributed by atoms with E-state index in [4.69, 9.17) is 0 Å². The highest BCUT2D eigenvalue weighted by Gasteiger charge is 2.33. The molecule has 0 aromatic carbocycles. The van der Waals surface area contributed by atoms with Gasteiger partial charge in [0, 0.05) is 23.0 Å². The van der Waals surface area contributed by atoms with Crippen LogP contribution >= 0.6 is 0 Å². The maximum Gasteiger partial charge on any atom is 0.152 e. The molecule has 4 nitrogen and oxygen atoms in total. The smallest absolute Gasteiger partial charge is 0.152 e. The Kier molecular flexibility index (Phi) is 2.79. The summed E-state index contributed by atoms with van der Waals surface area (Å²) >= 11 is 0. The third-order valence-corrected chi connectivity index (χ3v) is 5.94. The number of aliphatic hydroxyl groups is 1. The number of rotatable bonds is 1. The summed E-state index contributed by atoms with van der Waals surface area (Å²) in [6.07, 6.45) is 3.10. The van der Waals surface area contributed by atoms with E-state index in [9.17, 15) is 13.5 Å². The molecule has 1 aromatic heterocycles. The molecule has 1 aliphatic heterocycles. The first-order valence-electron chi connectivity index (χ1n) is 6.57. The van der Waals surface area contributed by atoms with Crippen LogP contribution in [0.3, 0.4) is 0 Å². The predicted octanol–water partition coefficient (Wildman–Crippen LogP) is 1.53. The predicted molar refractivity (Wildman–Crippen MR) is 69.4 cm³/mol. The van der Waals surface area contributed by atoms with E-state index in [1.165, 1.54) is 0 Å². The van der Waals surface area contributed by atoms with E-state index in [1.807, 2.05) is 13.0 Å². The summed E-state index contributed by atoms with van der Waals surface area (Å²) in [5, 5.41) is 10.0. The average Bonchev–Trinajstić information content (AvgIpc) is 2.79. The monoisotopic (exact) mass is 269 g/mol. The molecule has 2 atom stereocenters. The number of hydrogen-bond donors (Lipinski definition) is 1. The molecular formula is C13H19NO3S. The second-order valence-electron chi connectivity index (χ2n) is 5.52. The number of hydrogen-bond acceptors (Lipinski definition) is 3. The summed E-state index contributed by atoms with van der Waals surface area (Å²) in [5.41, 5.74) is 3.26. The Balaban J connectivity index is 2.03. The fraction of sp³-hybridized carbons (Fsp3) is 0.692. The van der Waals surface area contributed by atoms with Crippen LogP contribution in [0.5, 0.6) is 0 Å². The number of fused-ring (bicyclic) bond motifs is 1. The van der Waals surface area contributed by atoms with Gasteiger partial charge in [-0.3, -0.25) is 0 Å². The highest BCUT2D eigenvalue weighted by Crippen LogP contribution is 2.36. The van der Waals surface area contributed by atoms with Crippen LogP contribution in [0.15, 0.2) is 6.07 Å². The Morgan fingerprint density at radius 2 is 2.17 bits per heavy atom. The van der Waals surface area contributed by atoms with Crippen LogP contribution in [0.1, 0.15) is 48.4 Å². The molecule has 1 aliphatic carbocycles. The molecule has 2 aliphatic rings. The van der Waals surface area contributed by atoms with Gasteiger partial charge in [0.15, 0.2) is 9.84 Å². The van der Waals surface area contributed by atoms with Crippen LogP contribution < -0.4 is 0 Å². The number of aliphatic hydroxyl groups excluding tert-OH is 1. The number of nitrogens with zero attached hydrogens (tertiary/aromatic N) is 1. The van der Waals surface area contributed by atoms with Crippen LogP contribution in [-0.2, 0) is 16.3 Å². The van der Waals surface area contributed by atoms with Crippen molar-refractivity contribution in [3.8, 4) is 0 Å². The van der Waals surface area contributed by atoms with Gasteiger partial charge in [0.1, 0.15) is 0 Å². The van der Waals surface area contributed by atoms with E-state index in [0.717, 1.165) is 36.2 Å². The van der Waals surface area contributed by atoms with Gasteiger partial charge in [-0.15, -0.1) is 0 Å². The summed E-state index contributed by atoms with van der Waals surface area (Å²) < 4.78 is 25.4. The number of sulfone groups is 1. The zero-order chi connectivity index (χ0) is 12.9. The summed E-state index contributed by atoms with van der Waals surface area (Å²) in [4.78, 5) is 0. The third-order valence-electron chi connectivity index (χ3n) is 4.19. The lowest BCUT2D eigenvalue weighted by atomic mass is 9.95. The van der Waals surface area contributed by atoms with Crippen molar-refractivity contribution in [2.24, 2.45) is 0 Å². The van der Waals surface area contributed by atoms with Crippen molar-refractivity contribution in [1.29, 1.82) is 0 Å². The molecule has 3 rings (SSSR count). The molecule has 0 amide bonds. The van der Waals surface area contributed by atoms with E-state index in [0.29, 0.717) is 12.2 Å². The summed E-state index contributed by atoms with van der Waals surface area (Å²) in [6, 6.07) is 2.11. The fourth-order valence-corrected chi connectivity index (χ4v) is 5.09. The molecule has 0 saturated carbocycles. The van der Waals surface area contributed by atoms with Gasteiger partial charge >= 0.3 is 0 Å². The first-order valence-corrected chi connectivity index (χ1v) is 8.39. The highest BCUT2D eigenvalue weighted by atomic mass is 32.2. The van der Waals surface area contributed by atoms with Crippen LogP contribution in [0.25, 0.3) is 0 Å². The van der Waals surface area contributed by atoms with Crippen molar-refractivity contribution in [3.05, 3.63) is 23.0 Å². The minimum atomic E-state index is -2.86. The lowest BCUT2D eigenvalue weighted by molar-refractivity contribution is 0.155. The standard InChI is InChI=1S/C13H19NO3S/c1-9-7-11-12(3-2-4-13(11)15)14(9)10-5-6-18(16,17)8-10/h7,10,13,15H,2-6,8H2,1H3. The van der Waals surface area contributed by atoms with Crippen molar-refractivity contribution in [2.45, 2.75) is 44.8 Å². The van der Waals surface area contributed by atoms with Crippen molar-refractivity contribution in [3.63, 3.8) is 0 Å². The zero-order valence-electron chi connectivity index (χ0n) is 10.6. The summed E-state index contributed by atoms with van der Waals surface area (Å²) in [7, 11) is -2.86. The molecule has 2 unspecified atom stereocenters. The van der Waals surface area contributed by atoms with E-state index in [1.54, 1.807) is 0 Å². The minimum absolute atomic E-state index is 0.0732. The first-order chi connectivity index (χ1) is 8.48. The summed E-state index contributed by atoms with van der Waals surface area (Å²) in [5.74, 6) is 0.553. The van der Waals surface area contributed by atoms with Gasteiger partial charge in [0.05, 0.1) is 17.6 Å². The maximum atomic E-state index is 11.6. The van der Waals surface area contributed by atoms with Crippen LogP contribution in [-0.4, -0.2) is 29.6 Å². The van der Waals surface area contributed by atoms with E-state index in [2.05, 4.69) is 4.57 Å². The second kappa shape index (κ2) is 4.10. The lowest BCUT2D eigenvalue weighted by Gasteiger charge is -2.23. The van der Waals surface area contributed by atoms with Gasteiger partial charge in [-0.25, -0.2) is 8.42 Å². The Bertz CT molecular complexity index is 573. The van der Waals surface area contributed by atoms with Crippen LogP contribution in [0.4, 0.5) is 0 Å². The molecule has 1 N–H and O–H groups in total. The Morgan fingerprint density at radius 3 is 2.83 bits per heavy atom. The van der Waals surface area contributed by atoms with Crippen LogP contribution in [0, 0.1) is 6.92 Å². The molecule has 5 heteroatoms. The second-order valence-corrected chi connectivity index (χ2v) is 7.75. The molecular weight excluding hydrogens is 250 g/mol. The highest BCUT2D eigenvalue weighted by molar-refractivity contribution is 7.91. The molecule has 0 radical (unpaired) electrons. The van der Waals surface area contributed by atoms with Crippen molar-refractivity contribution in [2.75, 3.05) is 11.5 Å². The Labute approximate surface area is 108 Å². The maximum absolute atomic E-state index is 11.6. The minimum Gasteiger partial charge on any atom is -0.388 e. The van der Waals surface area contributed by atoms with Gasteiger partial charge in [-0.1, -0.05) is 0 Å². The van der Waals surface area contributed by atoms with Crippen molar-refractivity contribution in [1.82, 2.24) is 4.57 Å². The van der Waals surface area contributed by atoms with Gasteiger partial charge in [-0.2, -0.15) is 0 Å². The Morgan fingerprint density at radius 1 is 1.39 bits per heavy atom. The van der Waals surface area contributed by atoms with E-state index < -0.39 is 9.84 Å². The topological polar surface area (TPSA) is 59.3 Å². The van der Waals surface area contributed by atoms with Gasteiger partial charge in [-0.05, 0) is 38.7 Å². The lowest BCUT2D eigenvalue weighted by Crippen LogP contribution is -2.18. The number of aryl methyl sites for hydroxylation is 1. The first kappa shape index (κ1) is 12.2. The molecule has 1 saturated heterocycles. The van der Waals surface area contributed by atoms with Crippen molar-refractivity contribution >= 4 is 9.84 Å². The third kappa shape index (κ3) is 1.89. The van der Waals surface area contributed by atoms with Gasteiger partial charge in [0.25, 0.3) is 0 Å². The molecule has 1 fully saturated rings. The largest absolute Gasteiger partial charge is 0.388 e. The average molecular weight is 269 g/mol.